The van der Waals surface area contributed by atoms with E-state index >= 15 is 0 Å². The van der Waals surface area contributed by atoms with Crippen molar-refractivity contribution < 1.29 is 4.79 Å². The summed E-state index contributed by atoms with van der Waals surface area (Å²) in [6.45, 7) is 5.02. The fourth-order valence-corrected chi connectivity index (χ4v) is 2.46. The van der Waals surface area contributed by atoms with E-state index in [0.717, 1.165) is 25.7 Å². The summed E-state index contributed by atoms with van der Waals surface area (Å²) in [5, 5.41) is 0. The fraction of sp³-hybridized carbons (Fsp3) is 0.917. The third kappa shape index (κ3) is 3.49. The molecule has 0 saturated carbocycles. The van der Waals surface area contributed by atoms with Gasteiger partial charge < -0.3 is 10.6 Å². The summed E-state index contributed by atoms with van der Waals surface area (Å²) in [5.74, 6) is 0.322. The van der Waals surface area contributed by atoms with Crippen molar-refractivity contribution in [3.05, 3.63) is 0 Å². The second-order valence-corrected chi connectivity index (χ2v) is 4.68. The highest BCUT2D eigenvalue weighted by atomic mass is 16.2. The summed E-state index contributed by atoms with van der Waals surface area (Å²) < 4.78 is 0. The van der Waals surface area contributed by atoms with Crippen LogP contribution in [0.15, 0.2) is 0 Å². The van der Waals surface area contributed by atoms with E-state index < -0.39 is 0 Å². The highest BCUT2D eigenvalue weighted by Gasteiger charge is 2.27. The Morgan fingerprint density at radius 1 is 1.27 bits per heavy atom. The number of likely N-dealkylation sites (tertiary alicyclic amines) is 1. The van der Waals surface area contributed by atoms with Gasteiger partial charge in [0.25, 0.3) is 0 Å². The number of carbonyl (C=O) groups is 1. The molecule has 88 valence electrons. The standard InChI is InChI=1S/C12H24N2O/c1-10-6-5-7-11(2)14(10)12(15)8-3-4-9-13/h10-11H,3-9,13H2,1-2H3/t10-,11+. The molecule has 1 heterocycles. The molecule has 1 saturated heterocycles. The van der Waals surface area contributed by atoms with E-state index in [-0.39, 0.29) is 0 Å². The maximum absolute atomic E-state index is 12.0. The van der Waals surface area contributed by atoms with Crippen LogP contribution in [0.4, 0.5) is 0 Å². The minimum absolute atomic E-state index is 0.322. The third-order valence-electron chi connectivity index (χ3n) is 3.33. The molecule has 0 spiro atoms. The van der Waals surface area contributed by atoms with Gasteiger partial charge in [0, 0.05) is 18.5 Å². The topological polar surface area (TPSA) is 46.3 Å². The predicted molar refractivity (Wildman–Crippen MR) is 62.5 cm³/mol. The van der Waals surface area contributed by atoms with Gasteiger partial charge in [-0.2, -0.15) is 0 Å². The van der Waals surface area contributed by atoms with E-state index in [4.69, 9.17) is 5.73 Å². The molecule has 1 rings (SSSR count). The molecule has 1 aliphatic rings. The van der Waals surface area contributed by atoms with Crippen molar-refractivity contribution >= 4 is 5.91 Å². The van der Waals surface area contributed by atoms with Gasteiger partial charge in [-0.05, 0) is 52.5 Å². The van der Waals surface area contributed by atoms with E-state index in [0.29, 0.717) is 31.0 Å². The van der Waals surface area contributed by atoms with Crippen molar-refractivity contribution in [3.63, 3.8) is 0 Å². The summed E-state index contributed by atoms with van der Waals surface area (Å²) in [7, 11) is 0. The van der Waals surface area contributed by atoms with E-state index in [9.17, 15) is 4.79 Å². The maximum atomic E-state index is 12.0. The Bertz CT molecular complexity index is 196. The molecular weight excluding hydrogens is 188 g/mol. The quantitative estimate of drug-likeness (QED) is 0.723. The van der Waals surface area contributed by atoms with Crippen molar-refractivity contribution in [1.29, 1.82) is 0 Å². The zero-order chi connectivity index (χ0) is 11.3. The van der Waals surface area contributed by atoms with Gasteiger partial charge in [-0.25, -0.2) is 0 Å². The molecular formula is C12H24N2O. The molecule has 0 unspecified atom stereocenters. The number of nitrogens with zero attached hydrogens (tertiary/aromatic N) is 1. The average Bonchev–Trinajstić information content (AvgIpc) is 2.18. The van der Waals surface area contributed by atoms with Gasteiger partial charge in [-0.15, -0.1) is 0 Å². The van der Waals surface area contributed by atoms with Gasteiger partial charge in [-0.3, -0.25) is 4.79 Å². The first-order valence-corrected chi connectivity index (χ1v) is 6.18. The Morgan fingerprint density at radius 3 is 2.40 bits per heavy atom. The summed E-state index contributed by atoms with van der Waals surface area (Å²) in [6.07, 6.45) is 6.15. The van der Waals surface area contributed by atoms with Crippen molar-refractivity contribution in [2.75, 3.05) is 6.54 Å². The van der Waals surface area contributed by atoms with Crippen LogP contribution in [0.5, 0.6) is 0 Å². The normalized spacial score (nSPS) is 26.7. The molecule has 1 amide bonds. The minimum atomic E-state index is 0.322. The van der Waals surface area contributed by atoms with Gasteiger partial charge in [0.15, 0.2) is 0 Å². The zero-order valence-corrected chi connectivity index (χ0v) is 10.0. The van der Waals surface area contributed by atoms with Crippen LogP contribution < -0.4 is 5.73 Å². The first-order valence-electron chi connectivity index (χ1n) is 6.18. The molecule has 0 aromatic rings. The SMILES string of the molecule is C[C@@H]1CCC[C@H](C)N1C(=O)CCCCN. The number of unbranched alkanes of at least 4 members (excludes halogenated alkanes) is 1. The molecule has 1 aliphatic heterocycles. The van der Waals surface area contributed by atoms with Gasteiger partial charge in [0.1, 0.15) is 0 Å². The average molecular weight is 212 g/mol. The molecule has 3 nitrogen and oxygen atoms in total. The number of amides is 1. The van der Waals surface area contributed by atoms with Crippen LogP contribution in [0.2, 0.25) is 0 Å². The molecule has 3 heteroatoms. The number of carbonyl (C=O) groups excluding carboxylic acids is 1. The summed E-state index contributed by atoms with van der Waals surface area (Å²) in [4.78, 5) is 14.1. The van der Waals surface area contributed by atoms with Crippen LogP contribution in [0.25, 0.3) is 0 Å². The van der Waals surface area contributed by atoms with Crippen molar-refractivity contribution in [2.24, 2.45) is 5.73 Å². The first-order chi connectivity index (χ1) is 7.16. The molecule has 0 bridgehead atoms. The van der Waals surface area contributed by atoms with Crippen molar-refractivity contribution in [3.8, 4) is 0 Å². The van der Waals surface area contributed by atoms with Crippen LogP contribution in [-0.2, 0) is 4.79 Å². The lowest BCUT2D eigenvalue weighted by atomic mass is 9.97. The second-order valence-electron chi connectivity index (χ2n) is 4.68. The molecule has 15 heavy (non-hydrogen) atoms. The van der Waals surface area contributed by atoms with E-state index in [2.05, 4.69) is 18.7 Å². The molecule has 0 aromatic carbocycles. The van der Waals surface area contributed by atoms with Gasteiger partial charge >= 0.3 is 0 Å². The third-order valence-corrected chi connectivity index (χ3v) is 3.33. The molecule has 2 atom stereocenters. The number of hydrogen-bond donors (Lipinski definition) is 1. The monoisotopic (exact) mass is 212 g/mol. The fourth-order valence-electron chi connectivity index (χ4n) is 2.46. The largest absolute Gasteiger partial charge is 0.337 e. The van der Waals surface area contributed by atoms with Crippen LogP contribution in [0.3, 0.4) is 0 Å². The summed E-state index contributed by atoms with van der Waals surface area (Å²) in [6, 6.07) is 0.859. The lowest BCUT2D eigenvalue weighted by molar-refractivity contribution is -0.137. The summed E-state index contributed by atoms with van der Waals surface area (Å²) in [5.41, 5.74) is 5.42. The van der Waals surface area contributed by atoms with Crippen LogP contribution >= 0.6 is 0 Å². The Labute approximate surface area is 93.0 Å². The molecule has 0 aromatic heterocycles. The van der Waals surface area contributed by atoms with E-state index in [1.807, 2.05) is 0 Å². The lowest BCUT2D eigenvalue weighted by Crippen LogP contribution is -2.47. The second kappa shape index (κ2) is 6.11. The number of hydrogen-bond acceptors (Lipinski definition) is 2. The van der Waals surface area contributed by atoms with Crippen molar-refractivity contribution in [2.45, 2.75) is 64.5 Å². The van der Waals surface area contributed by atoms with Crippen LogP contribution in [-0.4, -0.2) is 29.4 Å². The summed E-state index contributed by atoms with van der Waals surface area (Å²) >= 11 is 0. The minimum Gasteiger partial charge on any atom is -0.337 e. The Balaban J connectivity index is 2.41. The number of piperidine rings is 1. The maximum Gasteiger partial charge on any atom is 0.223 e. The van der Waals surface area contributed by atoms with Gasteiger partial charge in [0.2, 0.25) is 5.91 Å². The van der Waals surface area contributed by atoms with E-state index in [1.165, 1.54) is 6.42 Å². The lowest BCUT2D eigenvalue weighted by Gasteiger charge is -2.39. The van der Waals surface area contributed by atoms with E-state index in [1.54, 1.807) is 0 Å². The van der Waals surface area contributed by atoms with Gasteiger partial charge in [0.05, 0.1) is 0 Å². The van der Waals surface area contributed by atoms with Crippen LogP contribution in [0.1, 0.15) is 52.4 Å². The Morgan fingerprint density at radius 2 is 1.87 bits per heavy atom. The Kier molecular flexibility index (Phi) is 5.09. The molecule has 2 N–H and O–H groups in total. The molecule has 0 aliphatic carbocycles. The first kappa shape index (κ1) is 12.5. The van der Waals surface area contributed by atoms with Crippen LogP contribution in [0, 0.1) is 0 Å². The zero-order valence-electron chi connectivity index (χ0n) is 10.0. The molecule has 1 fully saturated rings. The predicted octanol–water partition coefficient (Wildman–Crippen LogP) is 1.90. The van der Waals surface area contributed by atoms with Crippen molar-refractivity contribution in [1.82, 2.24) is 4.90 Å². The number of rotatable bonds is 4. The Hall–Kier alpha value is -0.570. The highest BCUT2D eigenvalue weighted by Crippen LogP contribution is 2.23. The number of nitrogens with two attached hydrogens (primary N) is 1. The highest BCUT2D eigenvalue weighted by molar-refractivity contribution is 5.76. The molecule has 0 radical (unpaired) electrons. The smallest absolute Gasteiger partial charge is 0.223 e. The van der Waals surface area contributed by atoms with Gasteiger partial charge in [-0.1, -0.05) is 0 Å².